The van der Waals surface area contributed by atoms with Crippen LogP contribution in [0.25, 0.3) is 22.2 Å². The number of hydrogen-bond donors (Lipinski definition) is 3. The number of nitrogens with one attached hydrogen (secondary N) is 3. The third-order valence-corrected chi connectivity index (χ3v) is 6.60. The van der Waals surface area contributed by atoms with Crippen molar-refractivity contribution < 1.29 is 4.79 Å². The Labute approximate surface area is 185 Å². The van der Waals surface area contributed by atoms with Gasteiger partial charge in [0, 0.05) is 34.9 Å². The normalized spacial score (nSPS) is 16.9. The quantitative estimate of drug-likeness (QED) is 0.545. The second-order valence-electron chi connectivity index (χ2n) is 9.71. The molecule has 1 saturated heterocycles. The van der Waals surface area contributed by atoms with E-state index in [1.54, 1.807) is 0 Å². The highest BCUT2D eigenvalue weighted by atomic mass is 16.2. The van der Waals surface area contributed by atoms with Crippen LogP contribution >= 0.6 is 0 Å². The summed E-state index contributed by atoms with van der Waals surface area (Å²) in [6.45, 7) is 13.3. The predicted octanol–water partition coefficient (Wildman–Crippen LogP) is 4.67. The van der Waals surface area contributed by atoms with Gasteiger partial charge in [-0.25, -0.2) is 0 Å². The first-order valence-corrected chi connectivity index (χ1v) is 11.4. The third-order valence-electron chi connectivity index (χ3n) is 6.60. The Morgan fingerprint density at radius 2 is 2.06 bits per heavy atom. The van der Waals surface area contributed by atoms with E-state index in [0.29, 0.717) is 11.8 Å². The number of H-pyrrole nitrogens is 1. The summed E-state index contributed by atoms with van der Waals surface area (Å²) in [6.07, 6.45) is 2.99. The number of aromatic nitrogens is 2. The monoisotopic (exact) mass is 418 g/mol. The molecule has 0 radical (unpaired) electrons. The van der Waals surface area contributed by atoms with Gasteiger partial charge in [0.2, 0.25) is 5.91 Å². The molecule has 1 unspecified atom stereocenters. The Bertz CT molecular complexity index is 1090. The summed E-state index contributed by atoms with van der Waals surface area (Å²) in [5.41, 5.74) is 6.13. The van der Waals surface area contributed by atoms with E-state index >= 15 is 0 Å². The number of benzene rings is 1. The second-order valence-corrected chi connectivity index (χ2v) is 9.71. The van der Waals surface area contributed by atoms with Crippen LogP contribution in [-0.4, -0.2) is 35.5 Å². The van der Waals surface area contributed by atoms with Gasteiger partial charge in [0.25, 0.3) is 0 Å². The first-order valence-electron chi connectivity index (χ1n) is 11.4. The van der Waals surface area contributed by atoms with Crippen LogP contribution in [0.5, 0.6) is 0 Å². The summed E-state index contributed by atoms with van der Waals surface area (Å²) in [4.78, 5) is 21.1. The smallest absolute Gasteiger partial charge is 0.230 e. The van der Waals surface area contributed by atoms with Gasteiger partial charge >= 0.3 is 0 Å². The fourth-order valence-corrected chi connectivity index (χ4v) is 4.61. The molecule has 1 aromatic carbocycles. The topological polar surface area (TPSA) is 69.8 Å². The number of fused-ring (bicyclic) bond motifs is 1. The van der Waals surface area contributed by atoms with Crippen molar-refractivity contribution in [2.24, 2.45) is 5.92 Å². The van der Waals surface area contributed by atoms with Gasteiger partial charge in [-0.1, -0.05) is 19.9 Å². The maximum absolute atomic E-state index is 13.1. The van der Waals surface area contributed by atoms with E-state index in [4.69, 9.17) is 0 Å². The molecule has 1 aliphatic rings. The molecule has 3 N–H and O–H groups in total. The number of carbonyl (C=O) groups excluding carboxylic acids is 1. The molecule has 5 nitrogen and oxygen atoms in total. The third kappa shape index (κ3) is 4.24. The predicted molar refractivity (Wildman–Crippen MR) is 127 cm³/mol. The lowest BCUT2D eigenvalue weighted by Crippen LogP contribution is -2.42. The molecule has 31 heavy (non-hydrogen) atoms. The highest BCUT2D eigenvalue weighted by Crippen LogP contribution is 2.37. The minimum atomic E-state index is -0.598. The summed E-state index contributed by atoms with van der Waals surface area (Å²) in [5.74, 6) is 0.968. The van der Waals surface area contributed by atoms with Gasteiger partial charge in [0.05, 0.1) is 11.1 Å². The molecule has 164 valence electrons. The van der Waals surface area contributed by atoms with Crippen LogP contribution < -0.4 is 10.6 Å². The standard InChI is InChI=1S/C26H34N4O/c1-16(2)23-21-13-20(26(4,5)25(31)29-15-18-8-10-27-14-18)6-7-22(21)30-24(23)19-9-11-28-17(3)12-19/h6-7,9,11-13,16,18,27,30H,8,10,14-15H2,1-5H3,(H,29,31). The molecule has 0 bridgehead atoms. The number of nitrogens with zero attached hydrogens (tertiary/aromatic N) is 1. The Morgan fingerprint density at radius 3 is 2.74 bits per heavy atom. The molecule has 0 aliphatic carbocycles. The van der Waals surface area contributed by atoms with Crippen molar-refractivity contribution in [1.29, 1.82) is 0 Å². The maximum Gasteiger partial charge on any atom is 0.230 e. The molecule has 0 saturated carbocycles. The highest BCUT2D eigenvalue weighted by molar-refractivity contribution is 5.94. The van der Waals surface area contributed by atoms with Crippen molar-refractivity contribution in [3.8, 4) is 11.3 Å². The molecule has 1 atom stereocenters. The largest absolute Gasteiger partial charge is 0.355 e. The Kier molecular flexibility index (Phi) is 5.89. The zero-order valence-electron chi connectivity index (χ0n) is 19.3. The maximum atomic E-state index is 13.1. The highest BCUT2D eigenvalue weighted by Gasteiger charge is 2.31. The van der Waals surface area contributed by atoms with Crippen LogP contribution in [0.1, 0.15) is 56.9 Å². The van der Waals surface area contributed by atoms with Crippen molar-refractivity contribution in [2.45, 2.75) is 52.4 Å². The van der Waals surface area contributed by atoms with Crippen molar-refractivity contribution in [3.05, 3.63) is 53.3 Å². The zero-order valence-corrected chi connectivity index (χ0v) is 19.3. The molecular weight excluding hydrogens is 384 g/mol. The second kappa shape index (κ2) is 8.46. The van der Waals surface area contributed by atoms with Gasteiger partial charge in [-0.05, 0) is 87.5 Å². The fraction of sp³-hybridized carbons (Fsp3) is 0.462. The van der Waals surface area contributed by atoms with Gasteiger partial charge in [-0.3, -0.25) is 9.78 Å². The molecule has 4 rings (SSSR count). The number of amides is 1. The van der Waals surface area contributed by atoms with Crippen molar-refractivity contribution in [2.75, 3.05) is 19.6 Å². The summed E-state index contributed by atoms with van der Waals surface area (Å²) >= 11 is 0. The van der Waals surface area contributed by atoms with E-state index in [9.17, 15) is 4.79 Å². The van der Waals surface area contributed by atoms with Gasteiger partial charge < -0.3 is 15.6 Å². The fourth-order valence-electron chi connectivity index (χ4n) is 4.61. The average molecular weight is 419 g/mol. The van der Waals surface area contributed by atoms with Crippen molar-refractivity contribution >= 4 is 16.8 Å². The molecule has 2 aromatic heterocycles. The van der Waals surface area contributed by atoms with Crippen LogP contribution in [-0.2, 0) is 10.2 Å². The minimum absolute atomic E-state index is 0.0883. The van der Waals surface area contributed by atoms with Gasteiger partial charge in [0.1, 0.15) is 0 Å². The zero-order chi connectivity index (χ0) is 22.2. The molecule has 1 amide bonds. The molecule has 1 fully saturated rings. The Hall–Kier alpha value is -2.66. The van der Waals surface area contributed by atoms with Crippen LogP contribution in [0.3, 0.4) is 0 Å². The van der Waals surface area contributed by atoms with Crippen molar-refractivity contribution in [3.63, 3.8) is 0 Å². The number of aryl methyl sites for hydroxylation is 1. The SMILES string of the molecule is Cc1cc(-c2[nH]c3ccc(C(C)(C)C(=O)NCC4CCNC4)cc3c2C(C)C)ccn1. The van der Waals surface area contributed by atoms with Crippen LogP contribution in [0.2, 0.25) is 0 Å². The number of pyridine rings is 1. The molecule has 0 spiro atoms. The number of rotatable bonds is 6. The van der Waals surface area contributed by atoms with E-state index in [2.05, 4.69) is 64.8 Å². The number of aromatic amines is 1. The minimum Gasteiger partial charge on any atom is -0.355 e. The van der Waals surface area contributed by atoms with E-state index in [1.165, 1.54) is 10.9 Å². The molecule has 1 aliphatic heterocycles. The average Bonchev–Trinajstić information content (AvgIpc) is 3.38. The molecule has 3 aromatic rings. The summed E-state index contributed by atoms with van der Waals surface area (Å²) in [7, 11) is 0. The lowest BCUT2D eigenvalue weighted by Gasteiger charge is -2.25. The van der Waals surface area contributed by atoms with E-state index < -0.39 is 5.41 Å². The lowest BCUT2D eigenvalue weighted by atomic mass is 9.82. The molecule has 5 heteroatoms. The van der Waals surface area contributed by atoms with Gasteiger partial charge in [0.15, 0.2) is 0 Å². The number of hydrogen-bond acceptors (Lipinski definition) is 3. The molecule has 3 heterocycles. The number of carbonyl (C=O) groups is 1. The van der Waals surface area contributed by atoms with Crippen LogP contribution in [0, 0.1) is 12.8 Å². The Morgan fingerprint density at radius 1 is 1.26 bits per heavy atom. The van der Waals surface area contributed by atoms with Crippen molar-refractivity contribution in [1.82, 2.24) is 20.6 Å². The summed E-state index contributed by atoms with van der Waals surface area (Å²) < 4.78 is 0. The summed E-state index contributed by atoms with van der Waals surface area (Å²) in [5, 5.41) is 7.75. The molecular formula is C26H34N4O. The first kappa shape index (κ1) is 21.6. The van der Waals surface area contributed by atoms with Crippen LogP contribution in [0.4, 0.5) is 0 Å². The van der Waals surface area contributed by atoms with E-state index in [0.717, 1.165) is 54.1 Å². The van der Waals surface area contributed by atoms with Gasteiger partial charge in [-0.15, -0.1) is 0 Å². The first-order chi connectivity index (χ1) is 14.8. The Balaban J connectivity index is 1.69. The summed E-state index contributed by atoms with van der Waals surface area (Å²) in [6, 6.07) is 10.6. The lowest BCUT2D eigenvalue weighted by molar-refractivity contribution is -0.125. The van der Waals surface area contributed by atoms with E-state index in [1.807, 2.05) is 27.0 Å². The van der Waals surface area contributed by atoms with Crippen LogP contribution in [0.15, 0.2) is 36.5 Å². The van der Waals surface area contributed by atoms with Gasteiger partial charge in [-0.2, -0.15) is 0 Å². The van der Waals surface area contributed by atoms with E-state index in [-0.39, 0.29) is 5.91 Å².